The molecule has 4 nitrogen and oxygen atoms in total. The molecule has 0 bridgehead atoms. The molecule has 3 atom stereocenters. The van der Waals surface area contributed by atoms with Crippen LogP contribution in [0.4, 0.5) is 0 Å². The second-order valence-electron chi connectivity index (χ2n) is 5.65. The summed E-state index contributed by atoms with van der Waals surface area (Å²) in [6.45, 7) is 3.16. The summed E-state index contributed by atoms with van der Waals surface area (Å²) in [5, 5.41) is 5.04. The minimum absolute atomic E-state index is 0.119. The van der Waals surface area contributed by atoms with Crippen molar-refractivity contribution in [3.05, 3.63) is 0 Å². The van der Waals surface area contributed by atoms with Gasteiger partial charge in [-0.25, -0.2) is 13.6 Å². The van der Waals surface area contributed by atoms with Crippen molar-refractivity contribution in [1.82, 2.24) is 4.90 Å². The zero-order valence-electron chi connectivity index (χ0n) is 10.6. The van der Waals surface area contributed by atoms with Crippen LogP contribution < -0.4 is 5.14 Å². The maximum absolute atomic E-state index is 10.9. The van der Waals surface area contributed by atoms with Crippen molar-refractivity contribution in [3.8, 4) is 0 Å². The molecule has 0 aromatic rings. The molecular formula is C12H24N2O2S. The Morgan fingerprint density at radius 1 is 1.29 bits per heavy atom. The van der Waals surface area contributed by atoms with Crippen molar-refractivity contribution in [1.29, 1.82) is 0 Å². The number of likely N-dealkylation sites (tertiary alicyclic amines) is 1. The third-order valence-electron chi connectivity index (χ3n) is 4.35. The number of nitrogens with two attached hydrogens (primary N) is 1. The first-order chi connectivity index (χ1) is 7.97. The van der Waals surface area contributed by atoms with Gasteiger partial charge in [-0.05, 0) is 45.1 Å². The van der Waals surface area contributed by atoms with Crippen LogP contribution in [0.2, 0.25) is 0 Å². The van der Waals surface area contributed by atoms with E-state index < -0.39 is 10.0 Å². The second-order valence-corrected chi connectivity index (χ2v) is 7.39. The Morgan fingerprint density at radius 2 is 2.00 bits per heavy atom. The third-order valence-corrected chi connectivity index (χ3v) is 5.21. The SMILES string of the molecule is C[C@@H]1C[C@H]2CCCC[C@H]2N1CCCS(N)(=O)=O. The molecule has 1 aliphatic carbocycles. The van der Waals surface area contributed by atoms with E-state index in [0.717, 1.165) is 12.5 Å². The highest BCUT2D eigenvalue weighted by Crippen LogP contribution is 2.39. The molecule has 2 rings (SSSR count). The lowest BCUT2D eigenvalue weighted by molar-refractivity contribution is 0.157. The van der Waals surface area contributed by atoms with Crippen LogP contribution in [0.15, 0.2) is 0 Å². The molecule has 100 valence electrons. The third kappa shape index (κ3) is 3.42. The predicted molar refractivity (Wildman–Crippen MR) is 69.1 cm³/mol. The molecule has 1 saturated carbocycles. The molecule has 2 aliphatic rings. The van der Waals surface area contributed by atoms with Gasteiger partial charge < -0.3 is 0 Å². The molecular weight excluding hydrogens is 236 g/mol. The van der Waals surface area contributed by atoms with Gasteiger partial charge in [0, 0.05) is 12.1 Å². The van der Waals surface area contributed by atoms with Crippen LogP contribution >= 0.6 is 0 Å². The van der Waals surface area contributed by atoms with Crippen molar-refractivity contribution in [2.75, 3.05) is 12.3 Å². The Labute approximate surface area is 105 Å². The van der Waals surface area contributed by atoms with E-state index in [-0.39, 0.29) is 5.75 Å². The molecule has 0 radical (unpaired) electrons. The maximum atomic E-state index is 10.9. The van der Waals surface area contributed by atoms with Gasteiger partial charge in [0.05, 0.1) is 5.75 Å². The lowest BCUT2D eigenvalue weighted by atomic mass is 9.85. The highest BCUT2D eigenvalue weighted by molar-refractivity contribution is 7.89. The minimum Gasteiger partial charge on any atom is -0.297 e. The summed E-state index contributed by atoms with van der Waals surface area (Å²) in [4.78, 5) is 2.52. The topological polar surface area (TPSA) is 63.4 Å². The predicted octanol–water partition coefficient (Wildman–Crippen LogP) is 1.32. The highest BCUT2D eigenvalue weighted by atomic mass is 32.2. The molecule has 17 heavy (non-hydrogen) atoms. The Morgan fingerprint density at radius 3 is 2.71 bits per heavy atom. The quantitative estimate of drug-likeness (QED) is 0.829. The molecule has 2 N–H and O–H groups in total. The zero-order chi connectivity index (χ0) is 12.5. The number of hydrogen-bond acceptors (Lipinski definition) is 3. The van der Waals surface area contributed by atoms with E-state index >= 15 is 0 Å². The van der Waals surface area contributed by atoms with Crippen molar-refractivity contribution >= 4 is 10.0 Å². The molecule has 0 aromatic heterocycles. The van der Waals surface area contributed by atoms with Gasteiger partial charge in [-0.2, -0.15) is 0 Å². The van der Waals surface area contributed by atoms with Gasteiger partial charge in [0.1, 0.15) is 0 Å². The van der Waals surface area contributed by atoms with Crippen LogP contribution in [0.3, 0.4) is 0 Å². The van der Waals surface area contributed by atoms with Gasteiger partial charge >= 0.3 is 0 Å². The molecule has 0 aromatic carbocycles. The van der Waals surface area contributed by atoms with Crippen molar-refractivity contribution in [3.63, 3.8) is 0 Å². The van der Waals surface area contributed by atoms with Crippen LogP contribution in [0.5, 0.6) is 0 Å². The van der Waals surface area contributed by atoms with E-state index in [9.17, 15) is 8.42 Å². The normalized spacial score (nSPS) is 34.8. The summed E-state index contributed by atoms with van der Waals surface area (Å²) in [6.07, 6.45) is 7.33. The first-order valence-corrected chi connectivity index (χ1v) is 8.45. The number of fused-ring (bicyclic) bond motifs is 1. The number of nitrogens with zero attached hydrogens (tertiary/aromatic N) is 1. The highest BCUT2D eigenvalue weighted by Gasteiger charge is 2.39. The van der Waals surface area contributed by atoms with Crippen molar-refractivity contribution in [2.24, 2.45) is 11.1 Å². The van der Waals surface area contributed by atoms with Crippen LogP contribution in [0.1, 0.15) is 45.4 Å². The molecule has 5 heteroatoms. The maximum Gasteiger partial charge on any atom is 0.209 e. The first-order valence-electron chi connectivity index (χ1n) is 6.73. The Bertz CT molecular complexity index is 356. The number of rotatable bonds is 4. The molecule has 0 amide bonds. The standard InChI is InChI=1S/C12H24N2O2S/c1-10-9-11-5-2-3-6-12(11)14(10)7-4-8-17(13,15)16/h10-12H,2-9H2,1H3,(H2,13,15,16)/t10-,11-,12-/m1/s1. The Kier molecular flexibility index (Phi) is 4.10. The summed E-state index contributed by atoms with van der Waals surface area (Å²) < 4.78 is 21.9. The van der Waals surface area contributed by atoms with E-state index in [2.05, 4.69) is 11.8 Å². The van der Waals surface area contributed by atoms with Crippen LogP contribution in [-0.2, 0) is 10.0 Å². The smallest absolute Gasteiger partial charge is 0.209 e. The van der Waals surface area contributed by atoms with E-state index in [4.69, 9.17) is 5.14 Å². The molecule has 0 unspecified atom stereocenters. The fraction of sp³-hybridized carbons (Fsp3) is 1.00. The number of primary sulfonamides is 1. The van der Waals surface area contributed by atoms with Gasteiger partial charge in [0.25, 0.3) is 0 Å². The summed E-state index contributed by atoms with van der Waals surface area (Å²) >= 11 is 0. The Hall–Kier alpha value is -0.130. The van der Waals surface area contributed by atoms with Crippen LogP contribution in [0.25, 0.3) is 0 Å². The van der Waals surface area contributed by atoms with Gasteiger partial charge in [-0.3, -0.25) is 4.90 Å². The fourth-order valence-corrected chi connectivity index (χ4v) is 4.17. The monoisotopic (exact) mass is 260 g/mol. The largest absolute Gasteiger partial charge is 0.297 e. The fourth-order valence-electron chi connectivity index (χ4n) is 3.63. The second kappa shape index (κ2) is 5.24. The molecule has 0 spiro atoms. The summed E-state index contributed by atoms with van der Waals surface area (Å²) in [5.74, 6) is 0.974. The van der Waals surface area contributed by atoms with E-state index in [1.807, 2.05) is 0 Å². The Balaban J connectivity index is 1.87. The van der Waals surface area contributed by atoms with E-state index in [0.29, 0.717) is 18.5 Å². The van der Waals surface area contributed by atoms with E-state index in [1.165, 1.54) is 32.1 Å². The lowest BCUT2D eigenvalue weighted by Crippen LogP contribution is -2.39. The van der Waals surface area contributed by atoms with Gasteiger partial charge in [0.2, 0.25) is 10.0 Å². The van der Waals surface area contributed by atoms with Crippen molar-refractivity contribution < 1.29 is 8.42 Å². The first kappa shape index (κ1) is 13.3. The molecule has 1 saturated heterocycles. The van der Waals surface area contributed by atoms with Gasteiger partial charge in [0.15, 0.2) is 0 Å². The lowest BCUT2D eigenvalue weighted by Gasteiger charge is -2.33. The molecule has 2 fully saturated rings. The van der Waals surface area contributed by atoms with Crippen molar-refractivity contribution in [2.45, 2.75) is 57.5 Å². The number of hydrogen-bond donors (Lipinski definition) is 1. The zero-order valence-corrected chi connectivity index (χ0v) is 11.5. The van der Waals surface area contributed by atoms with Gasteiger partial charge in [-0.1, -0.05) is 12.8 Å². The number of sulfonamides is 1. The average molecular weight is 260 g/mol. The van der Waals surface area contributed by atoms with Gasteiger partial charge in [-0.15, -0.1) is 0 Å². The molecule has 1 aliphatic heterocycles. The summed E-state index contributed by atoms with van der Waals surface area (Å²) in [7, 11) is -3.29. The molecule has 1 heterocycles. The average Bonchev–Trinajstić information content (AvgIpc) is 2.54. The summed E-state index contributed by atoms with van der Waals surface area (Å²) in [5.41, 5.74) is 0. The minimum atomic E-state index is -3.29. The van der Waals surface area contributed by atoms with Crippen LogP contribution in [0, 0.1) is 5.92 Å². The van der Waals surface area contributed by atoms with E-state index in [1.54, 1.807) is 0 Å². The van der Waals surface area contributed by atoms with Crippen LogP contribution in [-0.4, -0.2) is 37.7 Å². The summed E-state index contributed by atoms with van der Waals surface area (Å²) in [6, 6.07) is 1.32.